The number of carbonyl (C=O) groups excluding carboxylic acids is 1. The highest BCUT2D eigenvalue weighted by Crippen LogP contribution is 2.30. The Morgan fingerprint density at radius 3 is 3.11 bits per heavy atom. The van der Waals surface area contributed by atoms with Crippen molar-refractivity contribution in [2.45, 2.75) is 44.9 Å². The molecule has 18 heavy (non-hydrogen) atoms. The average molecular weight is 262 g/mol. The van der Waals surface area contributed by atoms with Gasteiger partial charge in [-0.15, -0.1) is 11.3 Å². The first kappa shape index (κ1) is 11.9. The van der Waals surface area contributed by atoms with Gasteiger partial charge in [-0.1, -0.05) is 12.2 Å². The maximum atomic E-state index is 11.9. The zero-order valence-electron chi connectivity index (χ0n) is 10.4. The van der Waals surface area contributed by atoms with E-state index >= 15 is 0 Å². The Hall–Kier alpha value is -1.16. The van der Waals surface area contributed by atoms with Gasteiger partial charge in [0.25, 0.3) is 0 Å². The number of amides is 1. The van der Waals surface area contributed by atoms with Gasteiger partial charge in [0.15, 0.2) is 5.13 Å². The van der Waals surface area contributed by atoms with Gasteiger partial charge in [-0.25, -0.2) is 4.98 Å². The van der Waals surface area contributed by atoms with Gasteiger partial charge in [-0.2, -0.15) is 0 Å². The second-order valence-corrected chi connectivity index (χ2v) is 6.20. The van der Waals surface area contributed by atoms with E-state index in [1.54, 1.807) is 11.3 Å². The third-order valence-corrected chi connectivity index (χ3v) is 4.72. The van der Waals surface area contributed by atoms with Crippen molar-refractivity contribution in [3.63, 3.8) is 0 Å². The summed E-state index contributed by atoms with van der Waals surface area (Å²) in [4.78, 5) is 17.8. The van der Waals surface area contributed by atoms with E-state index < -0.39 is 0 Å². The molecule has 4 heteroatoms. The second-order valence-electron chi connectivity index (χ2n) is 5.11. The summed E-state index contributed by atoms with van der Waals surface area (Å²) in [7, 11) is 0. The SMILES string of the molecule is O=C(CC1C=CCC1)Nc1nc2c(s1)CCCC2. The molecule has 1 atom stereocenters. The molecule has 2 aliphatic rings. The fraction of sp³-hybridized carbons (Fsp3) is 0.571. The molecule has 0 fully saturated rings. The number of thiazole rings is 1. The molecule has 1 heterocycles. The lowest BCUT2D eigenvalue weighted by atomic mass is 10.0. The minimum atomic E-state index is 0.109. The van der Waals surface area contributed by atoms with Crippen molar-refractivity contribution in [2.24, 2.45) is 5.92 Å². The molecule has 2 aliphatic carbocycles. The van der Waals surface area contributed by atoms with E-state index in [1.807, 2.05) is 0 Å². The Labute approximate surface area is 111 Å². The summed E-state index contributed by atoms with van der Waals surface area (Å²) in [6, 6.07) is 0. The summed E-state index contributed by atoms with van der Waals surface area (Å²) in [6.07, 6.45) is 11.9. The summed E-state index contributed by atoms with van der Waals surface area (Å²) in [6.45, 7) is 0. The quantitative estimate of drug-likeness (QED) is 0.849. The molecular formula is C14H18N2OS. The molecule has 1 unspecified atom stereocenters. The number of carbonyl (C=O) groups is 1. The molecule has 0 radical (unpaired) electrons. The van der Waals surface area contributed by atoms with Crippen molar-refractivity contribution in [3.05, 3.63) is 22.7 Å². The van der Waals surface area contributed by atoms with Crippen LogP contribution in [0, 0.1) is 5.92 Å². The molecule has 96 valence electrons. The Kier molecular flexibility index (Phi) is 3.46. The fourth-order valence-electron chi connectivity index (χ4n) is 2.68. The molecule has 0 aliphatic heterocycles. The number of aryl methyl sites for hydroxylation is 2. The molecule has 3 nitrogen and oxygen atoms in total. The Morgan fingerprint density at radius 1 is 1.44 bits per heavy atom. The number of fused-ring (bicyclic) bond motifs is 1. The molecule has 0 bridgehead atoms. The van der Waals surface area contributed by atoms with Crippen molar-refractivity contribution >= 4 is 22.4 Å². The maximum Gasteiger partial charge on any atom is 0.226 e. The first-order valence-electron chi connectivity index (χ1n) is 6.76. The molecule has 0 spiro atoms. The van der Waals surface area contributed by atoms with Crippen LogP contribution in [0.25, 0.3) is 0 Å². The largest absolute Gasteiger partial charge is 0.302 e. The number of rotatable bonds is 3. The minimum absolute atomic E-state index is 0.109. The van der Waals surface area contributed by atoms with Crippen molar-refractivity contribution in [3.8, 4) is 0 Å². The average Bonchev–Trinajstić information content (AvgIpc) is 2.96. The summed E-state index contributed by atoms with van der Waals surface area (Å²) in [5.41, 5.74) is 1.21. The van der Waals surface area contributed by atoms with Crippen LogP contribution in [0.15, 0.2) is 12.2 Å². The van der Waals surface area contributed by atoms with Crippen LogP contribution in [0.4, 0.5) is 5.13 Å². The minimum Gasteiger partial charge on any atom is -0.302 e. The summed E-state index contributed by atoms with van der Waals surface area (Å²) in [5, 5.41) is 3.76. The van der Waals surface area contributed by atoms with Gasteiger partial charge in [0.05, 0.1) is 5.69 Å². The standard InChI is InChI=1S/C14H18N2OS/c17-13(9-10-5-1-2-6-10)16-14-15-11-7-3-4-8-12(11)18-14/h1,5,10H,2-4,6-9H2,(H,15,16,17). The number of hydrogen-bond donors (Lipinski definition) is 1. The van der Waals surface area contributed by atoms with E-state index in [-0.39, 0.29) is 5.91 Å². The predicted molar refractivity (Wildman–Crippen MR) is 73.9 cm³/mol. The van der Waals surface area contributed by atoms with E-state index in [2.05, 4.69) is 22.5 Å². The van der Waals surface area contributed by atoms with Crippen molar-refractivity contribution in [2.75, 3.05) is 5.32 Å². The molecule has 0 saturated carbocycles. The molecule has 1 aromatic rings. The normalized spacial score (nSPS) is 21.9. The van der Waals surface area contributed by atoms with Crippen LogP contribution in [0.5, 0.6) is 0 Å². The summed E-state index contributed by atoms with van der Waals surface area (Å²) < 4.78 is 0. The predicted octanol–water partition coefficient (Wildman–Crippen LogP) is 3.32. The zero-order valence-corrected chi connectivity index (χ0v) is 11.3. The number of aromatic nitrogens is 1. The number of nitrogens with one attached hydrogen (secondary N) is 1. The third-order valence-electron chi connectivity index (χ3n) is 3.65. The second kappa shape index (κ2) is 5.22. The van der Waals surface area contributed by atoms with Gasteiger partial charge < -0.3 is 5.32 Å². The topological polar surface area (TPSA) is 42.0 Å². The van der Waals surface area contributed by atoms with Crippen LogP contribution < -0.4 is 5.32 Å². The van der Waals surface area contributed by atoms with Gasteiger partial charge in [0.1, 0.15) is 0 Å². The van der Waals surface area contributed by atoms with Crippen LogP contribution in [0.2, 0.25) is 0 Å². The smallest absolute Gasteiger partial charge is 0.226 e. The van der Waals surface area contributed by atoms with E-state index in [4.69, 9.17) is 0 Å². The van der Waals surface area contributed by atoms with Crippen LogP contribution in [0.1, 0.15) is 42.7 Å². The molecule has 1 amide bonds. The number of hydrogen-bond acceptors (Lipinski definition) is 3. The highest BCUT2D eigenvalue weighted by Gasteiger charge is 2.18. The van der Waals surface area contributed by atoms with Crippen molar-refractivity contribution < 1.29 is 4.79 Å². The lowest BCUT2D eigenvalue weighted by Crippen LogP contribution is -2.14. The van der Waals surface area contributed by atoms with Crippen molar-refractivity contribution in [1.82, 2.24) is 4.98 Å². The van der Waals surface area contributed by atoms with Crippen LogP contribution >= 0.6 is 11.3 Å². The highest BCUT2D eigenvalue weighted by atomic mass is 32.1. The van der Waals surface area contributed by atoms with Crippen LogP contribution in [-0.4, -0.2) is 10.9 Å². The molecule has 0 aromatic carbocycles. The Morgan fingerprint density at radius 2 is 2.33 bits per heavy atom. The highest BCUT2D eigenvalue weighted by molar-refractivity contribution is 7.15. The number of anilines is 1. The van der Waals surface area contributed by atoms with Gasteiger partial charge in [-0.05, 0) is 44.4 Å². The monoisotopic (exact) mass is 262 g/mol. The fourth-order valence-corrected chi connectivity index (χ4v) is 3.75. The van der Waals surface area contributed by atoms with E-state index in [0.29, 0.717) is 12.3 Å². The Balaban J connectivity index is 1.59. The molecule has 1 N–H and O–H groups in total. The van der Waals surface area contributed by atoms with E-state index in [1.165, 1.54) is 23.4 Å². The first-order valence-corrected chi connectivity index (χ1v) is 7.58. The zero-order chi connectivity index (χ0) is 12.4. The number of nitrogens with zero attached hydrogens (tertiary/aromatic N) is 1. The van der Waals surface area contributed by atoms with Gasteiger partial charge in [0.2, 0.25) is 5.91 Å². The molecule has 1 aromatic heterocycles. The molecular weight excluding hydrogens is 244 g/mol. The first-order chi connectivity index (χ1) is 8.81. The van der Waals surface area contributed by atoms with E-state index in [0.717, 1.165) is 30.8 Å². The molecule has 3 rings (SSSR count). The molecule has 0 saturated heterocycles. The summed E-state index contributed by atoms with van der Waals surface area (Å²) >= 11 is 1.66. The van der Waals surface area contributed by atoms with Gasteiger partial charge >= 0.3 is 0 Å². The Bertz CT molecular complexity index is 455. The van der Waals surface area contributed by atoms with Crippen molar-refractivity contribution in [1.29, 1.82) is 0 Å². The maximum absolute atomic E-state index is 11.9. The lowest BCUT2D eigenvalue weighted by Gasteiger charge is -2.06. The van der Waals surface area contributed by atoms with Gasteiger partial charge in [0, 0.05) is 11.3 Å². The third kappa shape index (κ3) is 2.64. The summed E-state index contributed by atoms with van der Waals surface area (Å²) in [5.74, 6) is 0.539. The van der Waals surface area contributed by atoms with Crippen LogP contribution in [0.3, 0.4) is 0 Å². The van der Waals surface area contributed by atoms with E-state index in [9.17, 15) is 4.79 Å². The van der Waals surface area contributed by atoms with Gasteiger partial charge in [-0.3, -0.25) is 4.79 Å². The van der Waals surface area contributed by atoms with Crippen LogP contribution in [-0.2, 0) is 17.6 Å². The number of allylic oxidation sites excluding steroid dienone is 2. The lowest BCUT2D eigenvalue weighted by molar-refractivity contribution is -0.116.